The van der Waals surface area contributed by atoms with Crippen LogP contribution in [-0.2, 0) is 9.59 Å². The highest BCUT2D eigenvalue weighted by molar-refractivity contribution is 6.35. The number of hydrogen-bond donors (Lipinski definition) is 2. The summed E-state index contributed by atoms with van der Waals surface area (Å²) in [6.45, 7) is -0.276. The van der Waals surface area contributed by atoms with Gasteiger partial charge < -0.3 is 15.2 Å². The number of carbonyl (C=O) groups excluding carboxylic acids is 1. The predicted molar refractivity (Wildman–Crippen MR) is 89.2 cm³/mol. The maximum absolute atomic E-state index is 12.0. The molecule has 1 amide bonds. The SMILES string of the molecule is O=C(COc1ccc(Cl)c2cccnc12)NC(CC1CC1)C(=O)O. The van der Waals surface area contributed by atoms with Crippen molar-refractivity contribution in [3.8, 4) is 5.75 Å². The Morgan fingerprint density at radius 3 is 2.88 bits per heavy atom. The van der Waals surface area contributed by atoms with Crippen molar-refractivity contribution in [2.45, 2.75) is 25.3 Å². The number of carbonyl (C=O) groups is 2. The van der Waals surface area contributed by atoms with Crippen LogP contribution in [0.5, 0.6) is 5.75 Å². The van der Waals surface area contributed by atoms with Crippen molar-refractivity contribution < 1.29 is 19.4 Å². The molecule has 0 aliphatic heterocycles. The molecule has 2 N–H and O–H groups in total. The van der Waals surface area contributed by atoms with Crippen molar-refractivity contribution in [2.24, 2.45) is 5.92 Å². The molecule has 1 aromatic heterocycles. The first-order valence-electron chi connectivity index (χ1n) is 7.73. The largest absolute Gasteiger partial charge is 0.481 e. The summed E-state index contributed by atoms with van der Waals surface area (Å²) < 4.78 is 5.51. The molecule has 24 heavy (non-hydrogen) atoms. The maximum atomic E-state index is 12.0. The highest BCUT2D eigenvalue weighted by Gasteiger charge is 2.30. The Hall–Kier alpha value is -2.34. The summed E-state index contributed by atoms with van der Waals surface area (Å²) in [7, 11) is 0. The number of aliphatic carboxylic acids is 1. The normalized spacial score (nSPS) is 15.0. The lowest BCUT2D eigenvalue weighted by atomic mass is 10.1. The molecule has 3 rings (SSSR count). The Kier molecular flexibility index (Phi) is 4.85. The van der Waals surface area contributed by atoms with Gasteiger partial charge in [-0.15, -0.1) is 0 Å². The third-order valence-corrected chi connectivity index (χ3v) is 4.27. The fraction of sp³-hybridized carbons (Fsp3) is 0.353. The van der Waals surface area contributed by atoms with Crippen LogP contribution < -0.4 is 10.1 Å². The molecule has 1 saturated carbocycles. The quantitative estimate of drug-likeness (QED) is 0.803. The van der Waals surface area contributed by atoms with Gasteiger partial charge in [0.15, 0.2) is 6.61 Å². The highest BCUT2D eigenvalue weighted by Crippen LogP contribution is 2.33. The number of pyridine rings is 1. The fourth-order valence-electron chi connectivity index (χ4n) is 2.52. The van der Waals surface area contributed by atoms with Gasteiger partial charge in [0.1, 0.15) is 17.3 Å². The van der Waals surface area contributed by atoms with E-state index < -0.39 is 17.9 Å². The molecule has 6 nitrogen and oxygen atoms in total. The van der Waals surface area contributed by atoms with Gasteiger partial charge in [0.05, 0.1) is 5.02 Å². The van der Waals surface area contributed by atoms with E-state index in [4.69, 9.17) is 16.3 Å². The van der Waals surface area contributed by atoms with Gasteiger partial charge in [-0.05, 0) is 36.6 Å². The van der Waals surface area contributed by atoms with Crippen LogP contribution in [0.2, 0.25) is 5.02 Å². The molecule has 1 unspecified atom stereocenters. The highest BCUT2D eigenvalue weighted by atomic mass is 35.5. The third-order valence-electron chi connectivity index (χ3n) is 3.94. The molecular formula is C17H17ClN2O4. The van der Waals surface area contributed by atoms with Gasteiger partial charge in [-0.25, -0.2) is 4.79 Å². The number of nitrogens with one attached hydrogen (secondary N) is 1. The number of halogens is 1. The second-order valence-electron chi connectivity index (χ2n) is 5.87. The first-order valence-corrected chi connectivity index (χ1v) is 8.10. The summed E-state index contributed by atoms with van der Waals surface area (Å²) in [5.74, 6) is -0.660. The Balaban J connectivity index is 1.63. The van der Waals surface area contributed by atoms with E-state index >= 15 is 0 Å². The van der Waals surface area contributed by atoms with Crippen LogP contribution >= 0.6 is 11.6 Å². The number of carboxylic acids is 1. The van der Waals surface area contributed by atoms with E-state index in [9.17, 15) is 14.7 Å². The van der Waals surface area contributed by atoms with Gasteiger partial charge in [-0.1, -0.05) is 24.4 Å². The molecule has 0 bridgehead atoms. The molecule has 1 fully saturated rings. The summed E-state index contributed by atoms with van der Waals surface area (Å²) >= 11 is 6.11. The van der Waals surface area contributed by atoms with E-state index in [1.807, 2.05) is 6.07 Å². The van der Waals surface area contributed by atoms with Gasteiger partial charge in [-0.3, -0.25) is 9.78 Å². The summed E-state index contributed by atoms with van der Waals surface area (Å²) in [5.41, 5.74) is 0.561. The number of aromatic nitrogens is 1. The molecule has 2 aromatic rings. The molecule has 1 heterocycles. The van der Waals surface area contributed by atoms with E-state index in [1.54, 1.807) is 24.4 Å². The molecule has 1 atom stereocenters. The van der Waals surface area contributed by atoms with Gasteiger partial charge in [0.25, 0.3) is 5.91 Å². The van der Waals surface area contributed by atoms with Crippen LogP contribution in [0.15, 0.2) is 30.5 Å². The number of nitrogens with zero attached hydrogens (tertiary/aromatic N) is 1. The summed E-state index contributed by atoms with van der Waals surface area (Å²) in [5, 5.41) is 13.0. The van der Waals surface area contributed by atoms with Crippen molar-refractivity contribution in [3.63, 3.8) is 0 Å². The zero-order valence-corrected chi connectivity index (χ0v) is 13.6. The number of hydrogen-bond acceptors (Lipinski definition) is 4. The number of rotatable bonds is 7. The lowest BCUT2D eigenvalue weighted by molar-refractivity contribution is -0.142. The molecule has 1 aliphatic carbocycles. The topological polar surface area (TPSA) is 88.5 Å². The van der Waals surface area contributed by atoms with Crippen LogP contribution in [0, 0.1) is 5.92 Å². The zero-order chi connectivity index (χ0) is 17.1. The minimum atomic E-state index is -1.02. The molecular weight excluding hydrogens is 332 g/mol. The minimum Gasteiger partial charge on any atom is -0.481 e. The summed E-state index contributed by atoms with van der Waals surface area (Å²) in [6, 6.07) is 6.03. The smallest absolute Gasteiger partial charge is 0.326 e. The number of carboxylic acid groups (broad SMARTS) is 1. The second kappa shape index (κ2) is 7.05. The number of ether oxygens (including phenoxy) is 1. The van der Waals surface area contributed by atoms with E-state index in [0.29, 0.717) is 28.6 Å². The summed E-state index contributed by atoms with van der Waals surface area (Å²) in [6.07, 6.45) is 4.13. The van der Waals surface area contributed by atoms with Crippen LogP contribution in [0.1, 0.15) is 19.3 Å². The van der Waals surface area contributed by atoms with Crippen molar-refractivity contribution in [1.82, 2.24) is 10.3 Å². The van der Waals surface area contributed by atoms with Crippen LogP contribution in [-0.4, -0.2) is 34.6 Å². The average Bonchev–Trinajstić information content (AvgIpc) is 3.38. The monoisotopic (exact) mass is 348 g/mol. The lowest BCUT2D eigenvalue weighted by Crippen LogP contribution is -2.43. The van der Waals surface area contributed by atoms with E-state index in [0.717, 1.165) is 18.2 Å². The Bertz CT molecular complexity index is 776. The predicted octanol–water partition coefficient (Wildman–Crippen LogP) is 2.64. The number of amides is 1. The third kappa shape index (κ3) is 3.94. The van der Waals surface area contributed by atoms with Gasteiger partial charge in [0, 0.05) is 11.6 Å². The number of benzene rings is 1. The standard InChI is InChI=1S/C17H17ClN2O4/c18-12-5-6-14(16-11(12)2-1-7-19-16)24-9-15(21)20-13(17(22)23)8-10-3-4-10/h1-2,5-7,10,13H,3-4,8-9H2,(H,20,21)(H,22,23). The molecule has 1 aliphatic rings. The number of fused-ring (bicyclic) bond motifs is 1. The van der Waals surface area contributed by atoms with E-state index in [-0.39, 0.29) is 6.61 Å². The molecule has 1 aromatic carbocycles. The van der Waals surface area contributed by atoms with Crippen LogP contribution in [0.4, 0.5) is 0 Å². The van der Waals surface area contributed by atoms with Crippen LogP contribution in [0.3, 0.4) is 0 Å². The van der Waals surface area contributed by atoms with Gasteiger partial charge >= 0.3 is 5.97 Å². The maximum Gasteiger partial charge on any atom is 0.326 e. The van der Waals surface area contributed by atoms with Crippen molar-refractivity contribution in [2.75, 3.05) is 6.61 Å². The average molecular weight is 349 g/mol. The lowest BCUT2D eigenvalue weighted by Gasteiger charge is -2.15. The van der Waals surface area contributed by atoms with Crippen molar-refractivity contribution in [3.05, 3.63) is 35.5 Å². The van der Waals surface area contributed by atoms with E-state index in [2.05, 4.69) is 10.3 Å². The van der Waals surface area contributed by atoms with E-state index in [1.165, 1.54) is 0 Å². The molecule has 0 radical (unpaired) electrons. The Morgan fingerprint density at radius 1 is 1.38 bits per heavy atom. The molecule has 0 saturated heterocycles. The minimum absolute atomic E-state index is 0.276. The van der Waals surface area contributed by atoms with Gasteiger partial charge in [-0.2, -0.15) is 0 Å². The molecule has 7 heteroatoms. The molecule has 0 spiro atoms. The second-order valence-corrected chi connectivity index (χ2v) is 6.28. The Morgan fingerprint density at radius 2 is 2.17 bits per heavy atom. The zero-order valence-electron chi connectivity index (χ0n) is 12.9. The fourth-order valence-corrected chi connectivity index (χ4v) is 2.73. The summed E-state index contributed by atoms with van der Waals surface area (Å²) in [4.78, 5) is 27.4. The first-order chi connectivity index (χ1) is 11.5. The van der Waals surface area contributed by atoms with Crippen molar-refractivity contribution >= 4 is 34.4 Å². The molecule has 126 valence electrons. The van der Waals surface area contributed by atoms with Crippen molar-refractivity contribution in [1.29, 1.82) is 0 Å². The first kappa shape index (κ1) is 16.5. The van der Waals surface area contributed by atoms with Crippen LogP contribution in [0.25, 0.3) is 10.9 Å². The Labute approximate surface area is 143 Å². The van der Waals surface area contributed by atoms with Gasteiger partial charge in [0.2, 0.25) is 0 Å².